The fourth-order valence-electron chi connectivity index (χ4n) is 0.943. The smallest absolute Gasteiger partial charge is 0.0721 e. The van der Waals surface area contributed by atoms with Gasteiger partial charge in [-0.2, -0.15) is 0 Å². The van der Waals surface area contributed by atoms with Crippen molar-refractivity contribution in [3.63, 3.8) is 0 Å². The predicted octanol–water partition coefficient (Wildman–Crippen LogP) is 3.40. The molecule has 0 atom stereocenters. The number of rotatable bonds is 4. The quantitative estimate of drug-likeness (QED) is 0.746. The molecule has 0 unspecified atom stereocenters. The summed E-state index contributed by atoms with van der Waals surface area (Å²) in [6.07, 6.45) is 0. The molecule has 2 aromatic carbocycles. The van der Waals surface area contributed by atoms with Gasteiger partial charge in [-0.15, -0.1) is 0 Å². The molecule has 15 heavy (non-hydrogen) atoms. The average molecular weight is 207 g/mol. The van der Waals surface area contributed by atoms with Gasteiger partial charge in [-0.1, -0.05) is 60.5 Å². The van der Waals surface area contributed by atoms with E-state index < -0.39 is 48.9 Å². The Morgan fingerprint density at radius 3 is 2.33 bits per heavy atom. The zero-order valence-electron chi connectivity index (χ0n) is 16.8. The van der Waals surface area contributed by atoms with Crippen LogP contribution in [-0.2, 0) is 17.9 Å². The number of hydrogen-bond donors (Lipinski definition) is 0. The molecule has 2 rings (SSSR count). The lowest BCUT2D eigenvalue weighted by molar-refractivity contribution is 0.107. The van der Waals surface area contributed by atoms with Gasteiger partial charge in [-0.25, -0.2) is 0 Å². The summed E-state index contributed by atoms with van der Waals surface area (Å²) in [5, 5.41) is 0. The summed E-state index contributed by atoms with van der Waals surface area (Å²) >= 11 is 0. The third-order valence-corrected chi connectivity index (χ3v) is 1.60. The lowest BCUT2D eigenvalue weighted by atomic mass is 10.2. The summed E-state index contributed by atoms with van der Waals surface area (Å²) in [5.41, 5.74) is -0.699. The molecule has 1 heteroatoms. The number of ether oxygens (including phenoxy) is 1. The Balaban J connectivity index is 2.52. The van der Waals surface area contributed by atoms with Gasteiger partial charge in [-0.05, 0) is 11.1 Å². The Morgan fingerprint density at radius 1 is 0.933 bits per heavy atom. The van der Waals surface area contributed by atoms with Crippen molar-refractivity contribution >= 4 is 0 Å². The van der Waals surface area contributed by atoms with E-state index in [-0.39, 0.29) is 5.56 Å². The van der Waals surface area contributed by atoms with Crippen LogP contribution in [-0.4, -0.2) is 0 Å². The third-order valence-electron chi connectivity index (χ3n) is 1.60. The lowest BCUT2D eigenvalue weighted by Gasteiger charge is -2.03. The van der Waals surface area contributed by atoms with Crippen LogP contribution in [0.2, 0.25) is 0 Å². The van der Waals surface area contributed by atoms with Gasteiger partial charge in [0.2, 0.25) is 0 Å². The highest BCUT2D eigenvalue weighted by molar-refractivity contribution is 5.15. The van der Waals surface area contributed by atoms with Gasteiger partial charge in [0.1, 0.15) is 0 Å². The van der Waals surface area contributed by atoms with Crippen LogP contribution in [0.3, 0.4) is 0 Å². The van der Waals surface area contributed by atoms with E-state index in [1.807, 2.05) is 0 Å². The zero-order chi connectivity index (χ0) is 18.3. The van der Waals surface area contributed by atoms with E-state index in [1.165, 1.54) is 12.1 Å². The van der Waals surface area contributed by atoms with E-state index >= 15 is 0 Å². The van der Waals surface area contributed by atoms with Crippen molar-refractivity contribution in [1.29, 1.82) is 0 Å². The van der Waals surface area contributed by atoms with Gasteiger partial charge in [0.15, 0.2) is 0 Å². The minimum absolute atomic E-state index is 0.0428. The first kappa shape index (κ1) is 3.76. The highest BCUT2D eigenvalue weighted by atomic mass is 16.5. The SMILES string of the molecule is [2H]c1c([2H])c([2H])c(C([2H])([2H])OC([2H])([2H])c2ccccc2)c([2H])c1[2H]. The van der Waals surface area contributed by atoms with Gasteiger partial charge in [0.25, 0.3) is 0 Å². The predicted molar refractivity (Wildman–Crippen MR) is 61.4 cm³/mol. The van der Waals surface area contributed by atoms with Crippen molar-refractivity contribution in [3.05, 3.63) is 71.7 Å². The lowest BCUT2D eigenvalue weighted by Crippen LogP contribution is -1.93. The summed E-state index contributed by atoms with van der Waals surface area (Å²) < 4.78 is 74.9. The summed E-state index contributed by atoms with van der Waals surface area (Å²) in [7, 11) is 0. The summed E-state index contributed by atoms with van der Waals surface area (Å²) in [4.78, 5) is 0. The first-order chi connectivity index (χ1) is 11.0. The van der Waals surface area contributed by atoms with Gasteiger partial charge >= 0.3 is 0 Å². The average Bonchev–Trinajstić information content (AvgIpc) is 2.51. The maximum atomic E-state index is 7.95. The van der Waals surface area contributed by atoms with Crippen LogP contribution in [0.25, 0.3) is 0 Å². The van der Waals surface area contributed by atoms with Crippen LogP contribution in [0, 0.1) is 0 Å². The van der Waals surface area contributed by atoms with E-state index in [2.05, 4.69) is 0 Å². The molecule has 0 aliphatic rings. The van der Waals surface area contributed by atoms with E-state index in [0.29, 0.717) is 0 Å². The van der Waals surface area contributed by atoms with E-state index in [0.717, 1.165) is 0 Å². The van der Waals surface area contributed by atoms with Crippen LogP contribution < -0.4 is 0 Å². The molecule has 1 nitrogen and oxygen atoms in total. The molecule has 0 aliphatic heterocycles. The summed E-state index contributed by atoms with van der Waals surface area (Å²) in [5.74, 6) is 0. The highest BCUT2D eigenvalue weighted by Gasteiger charge is 1.93. The Morgan fingerprint density at radius 2 is 1.60 bits per heavy atom. The third kappa shape index (κ3) is 3.22. The molecule has 0 spiro atoms. The van der Waals surface area contributed by atoms with Crippen molar-refractivity contribution in [1.82, 2.24) is 0 Å². The largest absolute Gasteiger partial charge is 0.372 e. The standard InChI is InChI=1S/C14H14O/c1-3-7-13(8-4-1)11-15-12-14-9-5-2-6-10-14/h1-10H,11-12H2/i1D,3D,4D,7D,8D,11D2,12D2. The zero-order valence-corrected chi connectivity index (χ0v) is 7.79. The minimum atomic E-state index is -2.94. The molecule has 0 aromatic heterocycles. The Bertz CT molecular complexity index is 730. The van der Waals surface area contributed by atoms with E-state index in [9.17, 15) is 0 Å². The Kier molecular flexibility index (Phi) is 1.34. The summed E-state index contributed by atoms with van der Waals surface area (Å²) in [6.45, 7) is -5.50. The normalized spacial score (nSPS) is 20.7. The monoisotopic (exact) mass is 207 g/mol. The topological polar surface area (TPSA) is 9.23 Å². The van der Waals surface area contributed by atoms with Crippen LogP contribution in [0.15, 0.2) is 60.5 Å². The molecule has 0 heterocycles. The van der Waals surface area contributed by atoms with Gasteiger partial charge in [0, 0.05) is 0 Å². The number of benzene rings is 2. The number of hydrogen-bond acceptors (Lipinski definition) is 1. The molecular weight excluding hydrogens is 184 g/mol. The molecule has 0 N–H and O–H groups in total. The first-order valence-electron chi connectivity index (χ1n) is 8.82. The van der Waals surface area contributed by atoms with Crippen LogP contribution in [0.4, 0.5) is 0 Å². The van der Waals surface area contributed by atoms with Crippen molar-refractivity contribution in [2.75, 3.05) is 0 Å². The second-order valence-corrected chi connectivity index (χ2v) is 2.67. The van der Waals surface area contributed by atoms with Gasteiger partial charge in [0.05, 0.1) is 25.5 Å². The second kappa shape index (κ2) is 5.32. The fraction of sp³-hybridized carbons (Fsp3) is 0.143. The van der Waals surface area contributed by atoms with Gasteiger partial charge < -0.3 is 4.74 Å². The van der Waals surface area contributed by atoms with Crippen molar-refractivity contribution in [2.24, 2.45) is 0 Å². The minimum Gasteiger partial charge on any atom is -0.372 e. The Labute approximate surface area is 103 Å². The maximum Gasteiger partial charge on any atom is 0.0721 e. The van der Waals surface area contributed by atoms with Crippen molar-refractivity contribution in [3.8, 4) is 0 Å². The van der Waals surface area contributed by atoms with E-state index in [4.69, 9.17) is 17.1 Å². The molecule has 2 aromatic rings. The first-order valence-corrected chi connectivity index (χ1v) is 4.32. The molecule has 0 aliphatic carbocycles. The fourth-order valence-corrected chi connectivity index (χ4v) is 0.943. The molecular formula is C14H14O. The summed E-state index contributed by atoms with van der Waals surface area (Å²) in [6, 6.07) is 3.95. The molecule has 76 valence electrons. The second-order valence-electron chi connectivity index (χ2n) is 2.67. The maximum absolute atomic E-state index is 7.95. The highest BCUT2D eigenvalue weighted by Crippen LogP contribution is 2.05. The molecule has 0 fully saturated rings. The van der Waals surface area contributed by atoms with Crippen molar-refractivity contribution < 1.29 is 17.1 Å². The van der Waals surface area contributed by atoms with Crippen LogP contribution in [0.5, 0.6) is 0 Å². The molecule has 0 saturated carbocycles. The molecule has 0 radical (unpaired) electrons. The molecule has 0 amide bonds. The van der Waals surface area contributed by atoms with Gasteiger partial charge in [-0.3, -0.25) is 0 Å². The van der Waals surface area contributed by atoms with Crippen molar-refractivity contribution in [2.45, 2.75) is 13.1 Å². The Hall–Kier alpha value is -1.60. The van der Waals surface area contributed by atoms with E-state index in [1.54, 1.807) is 18.2 Å². The van der Waals surface area contributed by atoms with Crippen LogP contribution >= 0.6 is 0 Å². The molecule has 0 bridgehead atoms. The van der Waals surface area contributed by atoms with Crippen LogP contribution in [0.1, 0.15) is 23.5 Å². The molecule has 0 saturated heterocycles.